The number of ketones is 1. The van der Waals surface area contributed by atoms with Crippen molar-refractivity contribution >= 4 is 11.8 Å². The fraction of sp³-hybridized carbons (Fsp3) is 0.143. The number of hydrogen-bond donors (Lipinski definition) is 1. The van der Waals surface area contributed by atoms with Crippen molar-refractivity contribution in [3.63, 3.8) is 0 Å². The van der Waals surface area contributed by atoms with Crippen molar-refractivity contribution in [1.29, 1.82) is 0 Å². The Hall–Kier alpha value is -1.42. The van der Waals surface area contributed by atoms with Crippen LogP contribution in [-0.4, -0.2) is 17.0 Å². The molecule has 0 atom stereocenters. The molecule has 0 fully saturated rings. The molecule has 0 radical (unpaired) electrons. The zero-order valence-electron chi connectivity index (χ0n) is 5.61. The minimum Gasteiger partial charge on any atom is -0.295 e. The molecule has 0 bridgehead atoms. The summed E-state index contributed by atoms with van der Waals surface area (Å²) in [5.74, 6) is -1.34. The molecule has 0 aromatic rings. The van der Waals surface area contributed by atoms with E-state index >= 15 is 0 Å². The standard InChI is InChI=1S/C7H6O4/c8-6-4-2-1-3-5(6)7(9)11-10/h1-3,10H,4H2. The van der Waals surface area contributed by atoms with Gasteiger partial charge in [0.15, 0.2) is 5.78 Å². The van der Waals surface area contributed by atoms with Gasteiger partial charge in [0.1, 0.15) is 5.57 Å². The van der Waals surface area contributed by atoms with E-state index in [1.807, 2.05) is 0 Å². The van der Waals surface area contributed by atoms with Crippen molar-refractivity contribution in [2.45, 2.75) is 6.42 Å². The van der Waals surface area contributed by atoms with Gasteiger partial charge in [-0.3, -0.25) is 9.68 Å². The van der Waals surface area contributed by atoms with Gasteiger partial charge in [0, 0.05) is 6.42 Å². The lowest BCUT2D eigenvalue weighted by Gasteiger charge is -2.02. The maximum absolute atomic E-state index is 10.9. The monoisotopic (exact) mass is 154 g/mol. The van der Waals surface area contributed by atoms with E-state index in [0.717, 1.165) is 0 Å². The van der Waals surface area contributed by atoms with E-state index in [1.165, 1.54) is 6.08 Å². The summed E-state index contributed by atoms with van der Waals surface area (Å²) in [5.41, 5.74) is -0.116. The predicted octanol–water partition coefficient (Wildman–Crippen LogP) is 0.458. The molecule has 4 nitrogen and oxygen atoms in total. The topological polar surface area (TPSA) is 63.6 Å². The van der Waals surface area contributed by atoms with Crippen LogP contribution in [0.5, 0.6) is 0 Å². The molecule has 1 aliphatic rings. The second kappa shape index (κ2) is 3.12. The lowest BCUT2D eigenvalue weighted by Crippen LogP contribution is -2.15. The molecule has 0 aromatic carbocycles. The van der Waals surface area contributed by atoms with Gasteiger partial charge in [-0.2, -0.15) is 5.26 Å². The van der Waals surface area contributed by atoms with E-state index in [-0.39, 0.29) is 17.8 Å². The van der Waals surface area contributed by atoms with Crippen LogP contribution in [-0.2, 0) is 14.5 Å². The van der Waals surface area contributed by atoms with Gasteiger partial charge in [-0.1, -0.05) is 12.2 Å². The van der Waals surface area contributed by atoms with Gasteiger partial charge in [0.05, 0.1) is 0 Å². The second-order valence-corrected chi connectivity index (χ2v) is 2.01. The van der Waals surface area contributed by atoms with E-state index < -0.39 is 5.97 Å². The number of rotatable bonds is 1. The molecule has 0 aromatic heterocycles. The third kappa shape index (κ3) is 1.53. The first kappa shape index (κ1) is 7.68. The van der Waals surface area contributed by atoms with E-state index in [1.54, 1.807) is 12.2 Å². The number of carbonyl (C=O) groups is 2. The second-order valence-electron chi connectivity index (χ2n) is 2.01. The smallest absolute Gasteiger partial charge is 0.295 e. The highest BCUT2D eigenvalue weighted by Gasteiger charge is 2.19. The lowest BCUT2D eigenvalue weighted by atomic mass is 10.0. The minimum absolute atomic E-state index is 0.116. The zero-order chi connectivity index (χ0) is 8.27. The Bertz CT molecular complexity index is 249. The highest BCUT2D eigenvalue weighted by molar-refractivity contribution is 6.18. The molecule has 58 valence electrons. The van der Waals surface area contributed by atoms with Crippen molar-refractivity contribution in [3.05, 3.63) is 23.8 Å². The maximum atomic E-state index is 10.9. The van der Waals surface area contributed by atoms with Crippen LogP contribution in [0.3, 0.4) is 0 Å². The van der Waals surface area contributed by atoms with E-state index in [0.29, 0.717) is 0 Å². The molecule has 11 heavy (non-hydrogen) atoms. The lowest BCUT2D eigenvalue weighted by molar-refractivity contribution is -0.229. The Morgan fingerprint density at radius 2 is 2.36 bits per heavy atom. The summed E-state index contributed by atoms with van der Waals surface area (Å²) < 4.78 is 0. The third-order valence-corrected chi connectivity index (χ3v) is 1.31. The average molecular weight is 154 g/mol. The molecular weight excluding hydrogens is 148 g/mol. The van der Waals surface area contributed by atoms with Gasteiger partial charge in [-0.15, -0.1) is 0 Å². The van der Waals surface area contributed by atoms with Gasteiger partial charge in [0.2, 0.25) is 0 Å². The number of hydrogen-bond acceptors (Lipinski definition) is 4. The van der Waals surface area contributed by atoms with Crippen LogP contribution in [0.25, 0.3) is 0 Å². The van der Waals surface area contributed by atoms with Crippen LogP contribution in [0.15, 0.2) is 23.8 Å². The molecule has 0 unspecified atom stereocenters. The van der Waals surface area contributed by atoms with Crippen molar-refractivity contribution in [2.75, 3.05) is 0 Å². The predicted molar refractivity (Wildman–Crippen MR) is 35.6 cm³/mol. The Balaban J connectivity index is 2.84. The highest BCUT2D eigenvalue weighted by atomic mass is 17.1. The van der Waals surface area contributed by atoms with Crippen molar-refractivity contribution in [2.24, 2.45) is 0 Å². The van der Waals surface area contributed by atoms with Crippen molar-refractivity contribution in [1.82, 2.24) is 0 Å². The molecule has 4 heteroatoms. The minimum atomic E-state index is -1.00. The molecule has 0 heterocycles. The molecule has 1 N–H and O–H groups in total. The first-order valence-corrected chi connectivity index (χ1v) is 3.01. The van der Waals surface area contributed by atoms with Crippen molar-refractivity contribution in [3.8, 4) is 0 Å². The van der Waals surface area contributed by atoms with E-state index in [4.69, 9.17) is 5.26 Å². The van der Waals surface area contributed by atoms with Gasteiger partial charge in [-0.05, 0) is 6.08 Å². The normalized spacial score (nSPS) is 16.1. The highest BCUT2D eigenvalue weighted by Crippen LogP contribution is 2.08. The molecule has 0 saturated carbocycles. The van der Waals surface area contributed by atoms with Crippen LogP contribution in [0, 0.1) is 0 Å². The van der Waals surface area contributed by atoms with Crippen LogP contribution < -0.4 is 0 Å². The van der Waals surface area contributed by atoms with Crippen LogP contribution in [0.4, 0.5) is 0 Å². The third-order valence-electron chi connectivity index (χ3n) is 1.31. The first-order chi connectivity index (χ1) is 5.25. The Morgan fingerprint density at radius 3 is 2.91 bits per heavy atom. The largest absolute Gasteiger partial charge is 0.376 e. The van der Waals surface area contributed by atoms with E-state index in [2.05, 4.69) is 4.89 Å². The molecule has 0 amide bonds. The van der Waals surface area contributed by atoms with Gasteiger partial charge in [-0.25, -0.2) is 4.79 Å². The molecule has 0 spiro atoms. The Kier molecular flexibility index (Phi) is 2.18. The first-order valence-electron chi connectivity index (χ1n) is 3.01. The quantitative estimate of drug-likeness (QED) is 0.338. The van der Waals surface area contributed by atoms with Gasteiger partial charge in [0.25, 0.3) is 0 Å². The molecule has 0 aliphatic heterocycles. The summed E-state index contributed by atoms with van der Waals surface area (Å²) >= 11 is 0. The molecule has 1 rings (SSSR count). The summed E-state index contributed by atoms with van der Waals surface area (Å²) in [7, 11) is 0. The van der Waals surface area contributed by atoms with Gasteiger partial charge >= 0.3 is 5.97 Å². The van der Waals surface area contributed by atoms with Crippen molar-refractivity contribution < 1.29 is 19.7 Å². The number of carbonyl (C=O) groups excluding carboxylic acids is 2. The zero-order valence-corrected chi connectivity index (χ0v) is 5.61. The average Bonchev–Trinajstić information content (AvgIpc) is 2.04. The SMILES string of the molecule is O=C1CC=CC=C1C(=O)OO. The summed E-state index contributed by atoms with van der Waals surface area (Å²) in [6.07, 6.45) is 4.68. The summed E-state index contributed by atoms with van der Waals surface area (Å²) in [6.45, 7) is 0. The number of allylic oxidation sites excluding steroid dienone is 3. The molecular formula is C7H6O4. The summed E-state index contributed by atoms with van der Waals surface area (Å²) in [5, 5.41) is 7.94. The summed E-state index contributed by atoms with van der Waals surface area (Å²) in [4.78, 5) is 24.8. The van der Waals surface area contributed by atoms with E-state index in [9.17, 15) is 9.59 Å². The van der Waals surface area contributed by atoms with Crippen LogP contribution >= 0.6 is 0 Å². The van der Waals surface area contributed by atoms with Gasteiger partial charge < -0.3 is 0 Å². The summed E-state index contributed by atoms with van der Waals surface area (Å²) in [6, 6.07) is 0. The fourth-order valence-electron chi connectivity index (χ4n) is 0.773. The van der Waals surface area contributed by atoms with Crippen LogP contribution in [0.2, 0.25) is 0 Å². The Morgan fingerprint density at radius 1 is 1.64 bits per heavy atom. The molecule has 0 saturated heterocycles. The molecule has 1 aliphatic carbocycles. The maximum Gasteiger partial charge on any atom is 0.376 e. The van der Waals surface area contributed by atoms with Crippen LogP contribution in [0.1, 0.15) is 6.42 Å². The Labute approximate surface area is 62.7 Å². The number of Topliss-reactive ketones (excluding diaryl/α,β-unsaturated/α-hetero) is 1. The fourth-order valence-corrected chi connectivity index (χ4v) is 0.773.